The second kappa shape index (κ2) is 3.89. The molecular formula is C6H14NO2P. The van der Waals surface area contributed by atoms with Gasteiger partial charge in [-0.05, 0) is 13.0 Å². The van der Waals surface area contributed by atoms with Crippen LogP contribution in [-0.4, -0.2) is 28.8 Å². The minimum Gasteiger partial charge on any atom is -0.480 e. The summed E-state index contributed by atoms with van der Waals surface area (Å²) in [7, 11) is 4.10. The molecule has 0 aromatic carbocycles. The molecule has 0 spiro atoms. The van der Waals surface area contributed by atoms with E-state index in [0.717, 1.165) is 0 Å². The Balaban J connectivity index is 4.12. The monoisotopic (exact) mass is 163 g/mol. The maximum Gasteiger partial charge on any atom is 0.321 e. The van der Waals surface area contributed by atoms with Crippen LogP contribution < -0.4 is 0 Å². The summed E-state index contributed by atoms with van der Waals surface area (Å²) in [4.78, 5) is 10.5. The predicted molar refractivity (Wildman–Crippen MR) is 43.7 cm³/mol. The van der Waals surface area contributed by atoms with E-state index in [-0.39, 0.29) is 5.92 Å². The van der Waals surface area contributed by atoms with Crippen molar-refractivity contribution in [2.75, 3.05) is 7.05 Å². The van der Waals surface area contributed by atoms with E-state index in [2.05, 4.69) is 9.39 Å². The molecule has 0 amide bonds. The zero-order chi connectivity index (χ0) is 8.31. The summed E-state index contributed by atoms with van der Waals surface area (Å²) in [6.45, 7) is 3.78. The van der Waals surface area contributed by atoms with Gasteiger partial charge in [-0.1, -0.05) is 23.2 Å². The number of hydrogen-bond donors (Lipinski definition) is 1. The van der Waals surface area contributed by atoms with E-state index in [4.69, 9.17) is 5.11 Å². The Morgan fingerprint density at radius 3 is 2.00 bits per heavy atom. The smallest absolute Gasteiger partial charge is 0.321 e. The summed E-state index contributed by atoms with van der Waals surface area (Å²) in [5, 5.41) is 8.66. The molecule has 10 heavy (non-hydrogen) atoms. The molecule has 0 fully saturated rings. The molecule has 2 atom stereocenters. The molecule has 3 nitrogen and oxygen atoms in total. The molecule has 1 N–H and O–H groups in total. The van der Waals surface area contributed by atoms with Crippen LogP contribution in [0.25, 0.3) is 0 Å². The normalized spacial score (nSPS) is 14.2. The van der Waals surface area contributed by atoms with Crippen LogP contribution in [0.3, 0.4) is 0 Å². The highest BCUT2D eigenvalue weighted by Crippen LogP contribution is 2.12. The average molecular weight is 163 g/mol. The van der Waals surface area contributed by atoms with E-state index in [9.17, 15) is 4.79 Å². The predicted octanol–water partition coefficient (Wildman–Crippen LogP) is 0.817. The summed E-state index contributed by atoms with van der Waals surface area (Å²) >= 11 is 0. The number of carboxylic acids is 1. The van der Waals surface area contributed by atoms with Crippen molar-refractivity contribution in [3.05, 3.63) is 0 Å². The van der Waals surface area contributed by atoms with Crippen LogP contribution in [0.1, 0.15) is 13.8 Å². The van der Waals surface area contributed by atoms with E-state index in [1.165, 1.54) is 0 Å². The number of nitrogens with zero attached hydrogens (tertiary/aromatic N) is 1. The van der Waals surface area contributed by atoms with Gasteiger partial charge in [0.1, 0.15) is 6.04 Å². The fourth-order valence-electron chi connectivity index (χ4n) is 0.930. The van der Waals surface area contributed by atoms with Crippen LogP contribution in [0.4, 0.5) is 0 Å². The molecule has 0 aromatic heterocycles. The molecule has 0 rings (SSSR count). The molecule has 0 aliphatic rings. The van der Waals surface area contributed by atoms with Gasteiger partial charge in [-0.3, -0.25) is 9.46 Å². The highest BCUT2D eigenvalue weighted by molar-refractivity contribution is 7.13. The number of rotatable bonds is 3. The number of carbonyl (C=O) groups is 1. The zero-order valence-corrected chi connectivity index (χ0v) is 7.69. The highest BCUT2D eigenvalue weighted by atomic mass is 31.0. The lowest BCUT2D eigenvalue weighted by Gasteiger charge is -2.22. The minimum absolute atomic E-state index is 0.139. The van der Waals surface area contributed by atoms with Crippen molar-refractivity contribution >= 4 is 15.4 Å². The first-order chi connectivity index (χ1) is 4.46. The van der Waals surface area contributed by atoms with Crippen molar-refractivity contribution in [3.8, 4) is 0 Å². The van der Waals surface area contributed by atoms with Crippen molar-refractivity contribution in [1.82, 2.24) is 4.67 Å². The highest BCUT2D eigenvalue weighted by Gasteiger charge is 2.22. The number of aliphatic carboxylic acids is 1. The molecule has 0 bridgehead atoms. The van der Waals surface area contributed by atoms with Gasteiger partial charge in [0.25, 0.3) is 0 Å². The van der Waals surface area contributed by atoms with Gasteiger partial charge in [-0.25, -0.2) is 0 Å². The van der Waals surface area contributed by atoms with Crippen LogP contribution in [0.5, 0.6) is 0 Å². The number of carboxylic acid groups (broad SMARTS) is 1. The van der Waals surface area contributed by atoms with Gasteiger partial charge in [-0.15, -0.1) is 0 Å². The van der Waals surface area contributed by atoms with E-state index in [0.29, 0.717) is 0 Å². The van der Waals surface area contributed by atoms with Crippen molar-refractivity contribution in [2.45, 2.75) is 19.9 Å². The first kappa shape index (κ1) is 9.86. The molecular weight excluding hydrogens is 149 g/mol. The molecule has 2 unspecified atom stereocenters. The van der Waals surface area contributed by atoms with Gasteiger partial charge in [0.15, 0.2) is 0 Å². The Morgan fingerprint density at radius 2 is 2.00 bits per heavy atom. The van der Waals surface area contributed by atoms with E-state index in [1.54, 1.807) is 11.7 Å². The zero-order valence-electron chi connectivity index (χ0n) is 6.53. The molecule has 0 saturated heterocycles. The summed E-state index contributed by atoms with van der Waals surface area (Å²) in [6.07, 6.45) is 0. The molecule has 0 aromatic rings. The van der Waals surface area contributed by atoms with E-state index < -0.39 is 12.0 Å². The van der Waals surface area contributed by atoms with Gasteiger partial charge >= 0.3 is 5.97 Å². The topological polar surface area (TPSA) is 40.5 Å². The van der Waals surface area contributed by atoms with Gasteiger partial charge in [0.2, 0.25) is 0 Å². The first-order valence-corrected chi connectivity index (χ1v) is 3.68. The molecule has 0 radical (unpaired) electrons. The van der Waals surface area contributed by atoms with Gasteiger partial charge in [0, 0.05) is 0 Å². The van der Waals surface area contributed by atoms with Crippen molar-refractivity contribution in [1.29, 1.82) is 0 Å². The third-order valence-electron chi connectivity index (χ3n) is 1.32. The van der Waals surface area contributed by atoms with E-state index in [1.807, 2.05) is 13.8 Å². The molecule has 0 heterocycles. The first-order valence-electron chi connectivity index (χ1n) is 3.17. The Hall–Kier alpha value is -0.140. The lowest BCUT2D eigenvalue weighted by atomic mass is 10.1. The maximum atomic E-state index is 10.5. The second-order valence-corrected chi connectivity index (χ2v) is 3.51. The average Bonchev–Trinajstić information content (AvgIpc) is 1.59. The summed E-state index contributed by atoms with van der Waals surface area (Å²) in [5.74, 6) is -0.632. The summed E-state index contributed by atoms with van der Waals surface area (Å²) in [5.41, 5.74) is 0. The second-order valence-electron chi connectivity index (χ2n) is 2.69. The van der Waals surface area contributed by atoms with Crippen LogP contribution in [0.2, 0.25) is 0 Å². The van der Waals surface area contributed by atoms with Gasteiger partial charge < -0.3 is 5.11 Å². The van der Waals surface area contributed by atoms with Crippen molar-refractivity contribution < 1.29 is 9.90 Å². The van der Waals surface area contributed by atoms with Crippen LogP contribution >= 0.6 is 9.39 Å². The summed E-state index contributed by atoms with van der Waals surface area (Å²) in [6, 6.07) is -0.398. The molecule has 60 valence electrons. The Morgan fingerprint density at radius 1 is 1.60 bits per heavy atom. The van der Waals surface area contributed by atoms with E-state index >= 15 is 0 Å². The number of hydrogen-bond acceptors (Lipinski definition) is 2. The fraction of sp³-hybridized carbons (Fsp3) is 0.833. The Labute approximate surface area is 63.7 Å². The standard InChI is InChI=1S/C6H14NO2P/c1-4(2)5(6(8)9)7(3)10/h4-5H,10H2,1-3H3,(H,8,9). The largest absolute Gasteiger partial charge is 0.480 e. The van der Waals surface area contributed by atoms with Gasteiger partial charge in [0.05, 0.1) is 0 Å². The van der Waals surface area contributed by atoms with Gasteiger partial charge in [-0.2, -0.15) is 0 Å². The van der Waals surface area contributed by atoms with Crippen LogP contribution in [0.15, 0.2) is 0 Å². The molecule has 4 heteroatoms. The third kappa shape index (κ3) is 2.63. The number of likely N-dealkylation sites (N-methyl/N-ethyl adjacent to an activating group) is 1. The third-order valence-corrected chi connectivity index (χ3v) is 1.64. The quantitative estimate of drug-likeness (QED) is 0.626. The summed E-state index contributed by atoms with van der Waals surface area (Å²) < 4.78 is 1.63. The van der Waals surface area contributed by atoms with Crippen LogP contribution in [0, 0.1) is 5.92 Å². The fourth-order valence-corrected chi connectivity index (χ4v) is 1.40. The Bertz CT molecular complexity index is 117. The van der Waals surface area contributed by atoms with Crippen molar-refractivity contribution in [2.24, 2.45) is 5.92 Å². The molecule has 0 saturated carbocycles. The minimum atomic E-state index is -0.771. The SMILES string of the molecule is CC(C)C(C(=O)O)N(C)P. The lowest BCUT2D eigenvalue weighted by Crippen LogP contribution is -2.36. The molecule has 0 aliphatic heterocycles. The van der Waals surface area contributed by atoms with Crippen LogP contribution in [-0.2, 0) is 4.79 Å². The lowest BCUT2D eigenvalue weighted by molar-refractivity contribution is -0.142. The molecule has 0 aliphatic carbocycles. The Kier molecular flexibility index (Phi) is 3.84. The van der Waals surface area contributed by atoms with Crippen molar-refractivity contribution in [3.63, 3.8) is 0 Å². The maximum absolute atomic E-state index is 10.5.